The molecule has 0 aliphatic heterocycles. The number of amides is 2. The molecule has 0 saturated heterocycles. The van der Waals surface area contributed by atoms with Crippen molar-refractivity contribution in [1.29, 1.82) is 0 Å². The number of carbonyl (C=O) groups is 3. The van der Waals surface area contributed by atoms with Gasteiger partial charge in [-0.3, -0.25) is 9.59 Å². The van der Waals surface area contributed by atoms with Crippen molar-refractivity contribution in [2.45, 2.75) is 32.6 Å². The molecule has 2 atom stereocenters. The average Bonchev–Trinajstić information content (AvgIpc) is 3.12. The summed E-state index contributed by atoms with van der Waals surface area (Å²) in [7, 11) is 0. The van der Waals surface area contributed by atoms with Crippen LogP contribution in [-0.4, -0.2) is 42.8 Å². The zero-order valence-corrected chi connectivity index (χ0v) is 18.5. The van der Waals surface area contributed by atoms with E-state index in [4.69, 9.17) is 9.84 Å². The molecule has 2 amide bonds. The minimum absolute atomic E-state index is 0.0274. The number of nitrogens with one attached hydrogen (secondary N) is 2. The number of benzene rings is 2. The third-order valence-corrected chi connectivity index (χ3v) is 5.85. The largest absolute Gasteiger partial charge is 0.481 e. The lowest BCUT2D eigenvalue weighted by Crippen LogP contribution is -2.41. The van der Waals surface area contributed by atoms with Crippen molar-refractivity contribution in [1.82, 2.24) is 10.6 Å². The van der Waals surface area contributed by atoms with Gasteiger partial charge in [-0.15, -0.1) is 0 Å². The quantitative estimate of drug-likeness (QED) is 0.524. The van der Waals surface area contributed by atoms with Crippen LogP contribution in [0.3, 0.4) is 0 Å². The Morgan fingerprint density at radius 2 is 1.56 bits per heavy atom. The van der Waals surface area contributed by atoms with Crippen molar-refractivity contribution in [3.8, 4) is 11.1 Å². The van der Waals surface area contributed by atoms with Gasteiger partial charge in [0.05, 0.1) is 11.8 Å². The van der Waals surface area contributed by atoms with Gasteiger partial charge >= 0.3 is 12.1 Å². The van der Waals surface area contributed by atoms with Gasteiger partial charge in [0.25, 0.3) is 0 Å². The molecule has 1 aliphatic carbocycles. The monoisotopic (exact) mass is 438 g/mol. The van der Waals surface area contributed by atoms with E-state index in [0.29, 0.717) is 6.42 Å². The van der Waals surface area contributed by atoms with E-state index in [-0.39, 0.29) is 31.5 Å². The number of carboxylic acids is 1. The van der Waals surface area contributed by atoms with Gasteiger partial charge in [0.2, 0.25) is 5.91 Å². The predicted molar refractivity (Wildman–Crippen MR) is 121 cm³/mol. The highest BCUT2D eigenvalue weighted by atomic mass is 16.5. The summed E-state index contributed by atoms with van der Waals surface area (Å²) in [5.74, 6) is -2.37. The maximum absolute atomic E-state index is 12.4. The van der Waals surface area contributed by atoms with Crippen LogP contribution in [0.1, 0.15) is 43.7 Å². The van der Waals surface area contributed by atoms with Gasteiger partial charge < -0.3 is 20.5 Å². The topological polar surface area (TPSA) is 105 Å². The molecule has 0 radical (unpaired) electrons. The Morgan fingerprint density at radius 3 is 2.12 bits per heavy atom. The van der Waals surface area contributed by atoms with E-state index in [1.807, 2.05) is 31.2 Å². The van der Waals surface area contributed by atoms with Crippen LogP contribution in [0.15, 0.2) is 48.5 Å². The minimum Gasteiger partial charge on any atom is -0.481 e. The molecule has 3 N–H and O–H groups in total. The third-order valence-electron chi connectivity index (χ3n) is 5.85. The highest BCUT2D eigenvalue weighted by molar-refractivity contribution is 5.81. The van der Waals surface area contributed by atoms with Crippen molar-refractivity contribution >= 4 is 18.0 Å². The van der Waals surface area contributed by atoms with Crippen LogP contribution >= 0.6 is 0 Å². The Kier molecular flexibility index (Phi) is 7.87. The molecule has 0 heterocycles. The summed E-state index contributed by atoms with van der Waals surface area (Å²) in [6, 6.07) is 16.2. The lowest BCUT2D eigenvalue weighted by molar-refractivity contribution is -0.141. The van der Waals surface area contributed by atoms with Crippen molar-refractivity contribution in [3.05, 3.63) is 59.7 Å². The number of hydrogen-bond donors (Lipinski definition) is 3. The molecule has 2 aromatic rings. The van der Waals surface area contributed by atoms with Crippen molar-refractivity contribution < 1.29 is 24.2 Å². The fourth-order valence-electron chi connectivity index (χ4n) is 4.02. The van der Waals surface area contributed by atoms with Gasteiger partial charge in [0.15, 0.2) is 0 Å². The molecule has 3 rings (SSSR count). The van der Waals surface area contributed by atoms with Gasteiger partial charge in [-0.1, -0.05) is 68.8 Å². The second kappa shape index (κ2) is 10.8. The molecular formula is C25H30N2O5. The average molecular weight is 439 g/mol. The zero-order chi connectivity index (χ0) is 23.1. The summed E-state index contributed by atoms with van der Waals surface area (Å²) in [6.07, 6.45) is 0.773. The molecule has 0 bridgehead atoms. The molecule has 170 valence electrons. The molecule has 1 aliphatic rings. The molecule has 32 heavy (non-hydrogen) atoms. The molecule has 2 unspecified atom stereocenters. The Balaban J connectivity index is 1.54. The predicted octanol–water partition coefficient (Wildman–Crippen LogP) is 3.78. The van der Waals surface area contributed by atoms with Crippen molar-refractivity contribution in [2.24, 2.45) is 11.8 Å². The van der Waals surface area contributed by atoms with E-state index in [9.17, 15) is 14.4 Å². The summed E-state index contributed by atoms with van der Waals surface area (Å²) in [5, 5.41) is 14.3. The zero-order valence-electron chi connectivity index (χ0n) is 18.5. The number of fused-ring (bicyclic) bond motifs is 3. The minimum atomic E-state index is -0.964. The van der Waals surface area contributed by atoms with E-state index < -0.39 is 23.9 Å². The molecule has 0 fully saturated rings. The van der Waals surface area contributed by atoms with Crippen LogP contribution in [0.4, 0.5) is 4.79 Å². The number of hydrogen-bond acceptors (Lipinski definition) is 4. The van der Waals surface area contributed by atoms with Crippen LogP contribution in [0.25, 0.3) is 11.1 Å². The second-order valence-electron chi connectivity index (χ2n) is 8.18. The lowest BCUT2D eigenvalue weighted by atomic mass is 9.98. The molecule has 0 spiro atoms. The number of carbonyl (C=O) groups excluding carboxylic acids is 2. The van der Waals surface area contributed by atoms with Crippen molar-refractivity contribution in [3.63, 3.8) is 0 Å². The number of carboxylic acid groups (broad SMARTS) is 1. The highest BCUT2D eigenvalue weighted by Gasteiger charge is 2.29. The summed E-state index contributed by atoms with van der Waals surface area (Å²) < 4.78 is 5.52. The SMILES string of the molecule is CCCC(CNC(=O)OCC1c2ccccc2-c2ccccc21)C(=O)NCC(C)C(=O)O. The van der Waals surface area contributed by atoms with Gasteiger partial charge in [-0.2, -0.15) is 0 Å². The molecule has 0 saturated carbocycles. The summed E-state index contributed by atoms with van der Waals surface area (Å²) in [4.78, 5) is 35.7. The second-order valence-corrected chi connectivity index (χ2v) is 8.18. The van der Waals surface area contributed by atoms with Crippen LogP contribution in [0, 0.1) is 11.8 Å². The first kappa shape index (κ1) is 23.3. The van der Waals surface area contributed by atoms with E-state index in [0.717, 1.165) is 28.7 Å². The Morgan fingerprint density at radius 1 is 0.969 bits per heavy atom. The number of rotatable bonds is 10. The van der Waals surface area contributed by atoms with Gasteiger partial charge in [0.1, 0.15) is 6.61 Å². The molecule has 0 aromatic heterocycles. The maximum Gasteiger partial charge on any atom is 0.407 e. The Labute approximate surface area is 188 Å². The normalized spacial score (nSPS) is 14.1. The first-order valence-electron chi connectivity index (χ1n) is 11.0. The summed E-state index contributed by atoms with van der Waals surface area (Å²) in [5.41, 5.74) is 4.59. The molecular weight excluding hydrogens is 408 g/mol. The van der Waals surface area contributed by atoms with E-state index in [1.54, 1.807) is 0 Å². The molecule has 7 nitrogen and oxygen atoms in total. The molecule has 7 heteroatoms. The maximum atomic E-state index is 12.4. The van der Waals surface area contributed by atoms with Gasteiger partial charge in [-0.05, 0) is 28.7 Å². The number of alkyl carbamates (subject to hydrolysis) is 1. The number of aliphatic carboxylic acids is 1. The van der Waals surface area contributed by atoms with Crippen LogP contribution in [0.5, 0.6) is 0 Å². The fourth-order valence-corrected chi connectivity index (χ4v) is 4.02. The van der Waals surface area contributed by atoms with Crippen LogP contribution in [-0.2, 0) is 14.3 Å². The van der Waals surface area contributed by atoms with Gasteiger partial charge in [0, 0.05) is 19.0 Å². The highest BCUT2D eigenvalue weighted by Crippen LogP contribution is 2.44. The van der Waals surface area contributed by atoms with E-state index >= 15 is 0 Å². The fraction of sp³-hybridized carbons (Fsp3) is 0.400. The standard InChI is InChI=1S/C25H30N2O5/c1-3-8-17(23(28)26-13-16(2)24(29)30)14-27-25(31)32-15-22-20-11-6-4-9-18(20)19-10-5-7-12-21(19)22/h4-7,9-12,16-17,22H,3,8,13-15H2,1-2H3,(H,26,28)(H,27,31)(H,29,30). The van der Waals surface area contributed by atoms with Gasteiger partial charge in [-0.25, -0.2) is 4.79 Å². The van der Waals surface area contributed by atoms with E-state index in [1.165, 1.54) is 6.92 Å². The van der Waals surface area contributed by atoms with Crippen LogP contribution < -0.4 is 10.6 Å². The first-order valence-corrected chi connectivity index (χ1v) is 11.0. The number of ether oxygens (including phenoxy) is 1. The molecule has 2 aromatic carbocycles. The first-order chi connectivity index (χ1) is 15.4. The lowest BCUT2D eigenvalue weighted by Gasteiger charge is -2.19. The summed E-state index contributed by atoms with van der Waals surface area (Å²) in [6.45, 7) is 3.89. The third kappa shape index (κ3) is 5.46. The van der Waals surface area contributed by atoms with E-state index in [2.05, 4.69) is 34.9 Å². The van der Waals surface area contributed by atoms with Crippen molar-refractivity contribution in [2.75, 3.05) is 19.7 Å². The smallest absolute Gasteiger partial charge is 0.407 e. The Bertz CT molecular complexity index is 929. The van der Waals surface area contributed by atoms with Crippen LogP contribution in [0.2, 0.25) is 0 Å². The summed E-state index contributed by atoms with van der Waals surface area (Å²) >= 11 is 0. The Hall–Kier alpha value is -3.35.